The van der Waals surface area contributed by atoms with Crippen LogP contribution < -0.4 is 4.74 Å². The summed E-state index contributed by atoms with van der Waals surface area (Å²) < 4.78 is 25.7. The standard InChI is InChI=1S/C21H22ClFN2O3/c22-16-3-4-19(23)18(10-16)20(26)25-12-15(13-28-17-2-1-7-24-11-17)21(14-25)5-8-27-9-6-21/h1-4,7,10-11,15H,5-6,8-9,12-14H2. The number of amides is 1. The smallest absolute Gasteiger partial charge is 0.256 e. The average Bonchev–Trinajstić information content (AvgIpc) is 3.06. The molecular formula is C21H22ClFN2O3. The van der Waals surface area contributed by atoms with E-state index in [2.05, 4.69) is 4.98 Å². The van der Waals surface area contributed by atoms with Crippen molar-refractivity contribution in [1.82, 2.24) is 9.88 Å². The molecule has 0 aliphatic carbocycles. The zero-order valence-corrected chi connectivity index (χ0v) is 16.2. The lowest BCUT2D eigenvalue weighted by Crippen LogP contribution is -2.39. The van der Waals surface area contributed by atoms with Gasteiger partial charge in [-0.25, -0.2) is 4.39 Å². The first-order valence-corrected chi connectivity index (χ1v) is 9.80. The molecule has 1 atom stereocenters. The van der Waals surface area contributed by atoms with Crippen LogP contribution in [0.2, 0.25) is 5.02 Å². The Labute approximate surface area is 168 Å². The summed E-state index contributed by atoms with van der Waals surface area (Å²) in [6.45, 7) is 2.90. The quantitative estimate of drug-likeness (QED) is 0.777. The molecule has 2 aliphatic rings. The first kappa shape index (κ1) is 19.2. The van der Waals surface area contributed by atoms with Gasteiger partial charge in [0.25, 0.3) is 5.91 Å². The largest absolute Gasteiger partial charge is 0.492 e. The minimum absolute atomic E-state index is 0.0172. The molecule has 5 nitrogen and oxygen atoms in total. The number of rotatable bonds is 4. The van der Waals surface area contributed by atoms with Crippen molar-refractivity contribution in [3.8, 4) is 5.75 Å². The first-order valence-electron chi connectivity index (χ1n) is 9.42. The number of nitrogens with zero attached hydrogens (tertiary/aromatic N) is 2. The number of benzene rings is 1. The number of likely N-dealkylation sites (tertiary alicyclic amines) is 1. The molecule has 1 spiro atoms. The minimum atomic E-state index is -0.550. The fourth-order valence-corrected chi connectivity index (χ4v) is 4.40. The Morgan fingerprint density at radius 3 is 2.93 bits per heavy atom. The van der Waals surface area contributed by atoms with Gasteiger partial charge in [-0.15, -0.1) is 0 Å². The van der Waals surface area contributed by atoms with Crippen LogP contribution in [0.4, 0.5) is 4.39 Å². The number of halogens is 2. The van der Waals surface area contributed by atoms with Crippen LogP contribution in [-0.2, 0) is 4.74 Å². The fraction of sp³-hybridized carbons (Fsp3) is 0.429. The van der Waals surface area contributed by atoms with Gasteiger partial charge >= 0.3 is 0 Å². The van der Waals surface area contributed by atoms with Crippen LogP contribution in [0.5, 0.6) is 5.75 Å². The van der Waals surface area contributed by atoms with E-state index in [1.54, 1.807) is 17.3 Å². The number of carbonyl (C=O) groups excluding carboxylic acids is 1. The van der Waals surface area contributed by atoms with Gasteiger partial charge in [0, 0.05) is 48.9 Å². The fourth-order valence-electron chi connectivity index (χ4n) is 4.22. The van der Waals surface area contributed by atoms with Crippen molar-refractivity contribution in [2.45, 2.75) is 12.8 Å². The number of hydrogen-bond acceptors (Lipinski definition) is 4. The van der Waals surface area contributed by atoms with Crippen molar-refractivity contribution in [3.63, 3.8) is 0 Å². The molecule has 0 bridgehead atoms. The van der Waals surface area contributed by atoms with Crippen LogP contribution in [0.3, 0.4) is 0 Å². The summed E-state index contributed by atoms with van der Waals surface area (Å²) in [5.41, 5.74) is -0.0610. The van der Waals surface area contributed by atoms with Gasteiger partial charge in [-0.1, -0.05) is 11.6 Å². The third kappa shape index (κ3) is 3.84. The van der Waals surface area contributed by atoms with Gasteiger partial charge in [0.2, 0.25) is 0 Å². The predicted molar refractivity (Wildman–Crippen MR) is 103 cm³/mol. The maximum atomic E-state index is 14.2. The topological polar surface area (TPSA) is 51.7 Å². The SMILES string of the molecule is O=C(c1cc(Cl)ccc1F)N1CC(COc2cccnc2)C2(CCOCC2)C1. The molecule has 28 heavy (non-hydrogen) atoms. The van der Waals surface area contributed by atoms with E-state index < -0.39 is 5.82 Å². The molecule has 1 aromatic heterocycles. The summed E-state index contributed by atoms with van der Waals surface area (Å²) in [7, 11) is 0. The Bertz CT molecular complexity index is 843. The second-order valence-electron chi connectivity index (χ2n) is 7.48. The molecule has 7 heteroatoms. The molecule has 2 fully saturated rings. The monoisotopic (exact) mass is 404 g/mol. The molecule has 2 aromatic rings. The number of hydrogen-bond donors (Lipinski definition) is 0. The van der Waals surface area contributed by atoms with Crippen LogP contribution in [-0.4, -0.2) is 48.7 Å². The highest BCUT2D eigenvalue weighted by atomic mass is 35.5. The summed E-state index contributed by atoms with van der Waals surface area (Å²) in [5, 5.41) is 0.348. The molecule has 148 valence electrons. The molecule has 0 N–H and O–H groups in total. The van der Waals surface area contributed by atoms with Gasteiger partial charge in [-0.2, -0.15) is 0 Å². The van der Waals surface area contributed by atoms with Gasteiger partial charge in [0.1, 0.15) is 11.6 Å². The van der Waals surface area contributed by atoms with Gasteiger partial charge in [-0.05, 0) is 43.2 Å². The molecule has 4 rings (SSSR count). The van der Waals surface area contributed by atoms with Crippen LogP contribution in [0, 0.1) is 17.2 Å². The molecule has 0 radical (unpaired) electrons. The lowest BCUT2D eigenvalue weighted by molar-refractivity contribution is -0.00912. The number of pyridine rings is 1. The van der Waals surface area contributed by atoms with Gasteiger partial charge in [-0.3, -0.25) is 9.78 Å². The van der Waals surface area contributed by atoms with Gasteiger partial charge in [0.15, 0.2) is 0 Å². The van der Waals surface area contributed by atoms with E-state index in [0.29, 0.717) is 43.7 Å². The number of aromatic nitrogens is 1. The Balaban J connectivity index is 1.54. The molecule has 1 amide bonds. The Morgan fingerprint density at radius 1 is 1.36 bits per heavy atom. The molecule has 0 saturated carbocycles. The van der Waals surface area contributed by atoms with Crippen molar-refractivity contribution in [2.24, 2.45) is 11.3 Å². The Kier molecular flexibility index (Phi) is 5.51. The third-order valence-electron chi connectivity index (χ3n) is 5.83. The Morgan fingerprint density at radius 2 is 2.18 bits per heavy atom. The van der Waals surface area contributed by atoms with E-state index in [0.717, 1.165) is 12.8 Å². The Hall–Kier alpha value is -2.18. The van der Waals surface area contributed by atoms with E-state index >= 15 is 0 Å². The van der Waals surface area contributed by atoms with Crippen molar-refractivity contribution < 1.29 is 18.7 Å². The highest BCUT2D eigenvalue weighted by molar-refractivity contribution is 6.31. The van der Waals surface area contributed by atoms with Crippen molar-refractivity contribution >= 4 is 17.5 Å². The summed E-state index contributed by atoms with van der Waals surface area (Å²) in [4.78, 5) is 18.8. The molecular weight excluding hydrogens is 383 g/mol. The zero-order chi connectivity index (χ0) is 19.6. The number of ether oxygens (including phenoxy) is 2. The van der Waals surface area contributed by atoms with Gasteiger partial charge < -0.3 is 14.4 Å². The highest BCUT2D eigenvalue weighted by Crippen LogP contribution is 2.45. The zero-order valence-electron chi connectivity index (χ0n) is 15.4. The lowest BCUT2D eigenvalue weighted by Gasteiger charge is -2.37. The molecule has 1 unspecified atom stereocenters. The second kappa shape index (κ2) is 8.05. The minimum Gasteiger partial charge on any atom is -0.492 e. The van der Waals surface area contributed by atoms with Crippen LogP contribution in [0.15, 0.2) is 42.7 Å². The summed E-state index contributed by atoms with van der Waals surface area (Å²) >= 11 is 5.98. The van der Waals surface area contributed by atoms with Crippen molar-refractivity contribution in [1.29, 1.82) is 0 Å². The number of carbonyl (C=O) groups is 1. The second-order valence-corrected chi connectivity index (χ2v) is 7.92. The molecule has 3 heterocycles. The maximum Gasteiger partial charge on any atom is 0.256 e. The van der Waals surface area contributed by atoms with Crippen molar-refractivity contribution in [2.75, 3.05) is 32.9 Å². The van der Waals surface area contributed by atoms with E-state index in [1.807, 2.05) is 12.1 Å². The highest BCUT2D eigenvalue weighted by Gasteiger charge is 2.49. The molecule has 2 aliphatic heterocycles. The van der Waals surface area contributed by atoms with Crippen molar-refractivity contribution in [3.05, 3.63) is 59.1 Å². The van der Waals surface area contributed by atoms with E-state index in [-0.39, 0.29) is 22.8 Å². The molecule has 1 aromatic carbocycles. The van der Waals surface area contributed by atoms with E-state index in [1.165, 1.54) is 18.2 Å². The summed E-state index contributed by atoms with van der Waals surface area (Å²) in [6.07, 6.45) is 5.09. The molecule has 2 saturated heterocycles. The predicted octanol–water partition coefficient (Wildman–Crippen LogP) is 3.82. The lowest BCUT2D eigenvalue weighted by atomic mass is 9.72. The van der Waals surface area contributed by atoms with Crippen LogP contribution in [0.1, 0.15) is 23.2 Å². The first-order chi connectivity index (χ1) is 13.6. The summed E-state index contributed by atoms with van der Waals surface area (Å²) in [5.74, 6) is -0.0293. The average molecular weight is 405 g/mol. The van der Waals surface area contributed by atoms with E-state index in [4.69, 9.17) is 21.1 Å². The summed E-state index contributed by atoms with van der Waals surface area (Å²) in [6, 6.07) is 7.77. The van der Waals surface area contributed by atoms with Crippen LogP contribution >= 0.6 is 11.6 Å². The van der Waals surface area contributed by atoms with E-state index in [9.17, 15) is 9.18 Å². The van der Waals surface area contributed by atoms with Gasteiger partial charge in [0.05, 0.1) is 18.4 Å². The third-order valence-corrected chi connectivity index (χ3v) is 6.07. The van der Waals surface area contributed by atoms with Crippen LogP contribution in [0.25, 0.3) is 0 Å². The maximum absolute atomic E-state index is 14.2. The normalized spacial score (nSPS) is 21.1.